The third-order valence-corrected chi connectivity index (χ3v) is 5.07. The predicted molar refractivity (Wildman–Crippen MR) is 93.3 cm³/mol. The predicted octanol–water partition coefficient (Wildman–Crippen LogP) is 5.25. The summed E-state index contributed by atoms with van der Waals surface area (Å²) in [5, 5.41) is 0. The quantitative estimate of drug-likeness (QED) is 0.428. The Kier molecular flexibility index (Phi) is 7.88. The molecule has 1 fully saturated rings. The SMILES string of the molecule is CSc1cc(Br)c(OCCCOC2CCCCO2)c(Br)c1. The molecule has 0 amide bonds. The van der Waals surface area contributed by atoms with E-state index in [1.54, 1.807) is 11.8 Å². The first-order valence-electron chi connectivity index (χ1n) is 7.09. The largest absolute Gasteiger partial charge is 0.491 e. The molecule has 2 rings (SSSR count). The van der Waals surface area contributed by atoms with Crippen LogP contribution in [0.25, 0.3) is 0 Å². The van der Waals surface area contributed by atoms with Crippen LogP contribution in [0, 0.1) is 0 Å². The first kappa shape index (κ1) is 17.6. The Balaban J connectivity index is 1.71. The van der Waals surface area contributed by atoms with Crippen LogP contribution in [0.15, 0.2) is 26.0 Å². The van der Waals surface area contributed by atoms with Gasteiger partial charge in [0, 0.05) is 17.9 Å². The van der Waals surface area contributed by atoms with Gasteiger partial charge in [0.25, 0.3) is 0 Å². The molecule has 1 unspecified atom stereocenters. The Hall–Kier alpha value is 0.250. The highest BCUT2D eigenvalue weighted by Crippen LogP contribution is 2.37. The van der Waals surface area contributed by atoms with Crippen molar-refractivity contribution in [3.8, 4) is 5.75 Å². The Morgan fingerprint density at radius 2 is 2.00 bits per heavy atom. The first-order valence-corrected chi connectivity index (χ1v) is 9.91. The van der Waals surface area contributed by atoms with Gasteiger partial charge in [-0.2, -0.15) is 0 Å². The molecule has 0 aromatic heterocycles. The molecule has 1 aliphatic heterocycles. The van der Waals surface area contributed by atoms with Crippen molar-refractivity contribution in [2.45, 2.75) is 36.9 Å². The highest BCUT2D eigenvalue weighted by atomic mass is 79.9. The van der Waals surface area contributed by atoms with Gasteiger partial charge < -0.3 is 14.2 Å². The van der Waals surface area contributed by atoms with Crippen molar-refractivity contribution < 1.29 is 14.2 Å². The van der Waals surface area contributed by atoms with Crippen LogP contribution in [0.5, 0.6) is 5.75 Å². The molecular weight excluding hydrogens is 420 g/mol. The summed E-state index contributed by atoms with van der Waals surface area (Å²) in [5.74, 6) is 0.849. The average Bonchev–Trinajstić information content (AvgIpc) is 2.50. The zero-order chi connectivity index (χ0) is 15.1. The van der Waals surface area contributed by atoms with E-state index in [2.05, 4.69) is 50.2 Å². The van der Waals surface area contributed by atoms with Crippen molar-refractivity contribution in [2.24, 2.45) is 0 Å². The monoisotopic (exact) mass is 438 g/mol. The summed E-state index contributed by atoms with van der Waals surface area (Å²) < 4.78 is 19.0. The Bertz CT molecular complexity index is 428. The maximum absolute atomic E-state index is 5.83. The number of hydrogen-bond acceptors (Lipinski definition) is 4. The molecule has 1 heterocycles. The van der Waals surface area contributed by atoms with E-state index < -0.39 is 0 Å². The lowest BCUT2D eigenvalue weighted by Gasteiger charge is -2.22. The van der Waals surface area contributed by atoms with Crippen LogP contribution in [0.4, 0.5) is 0 Å². The van der Waals surface area contributed by atoms with Crippen molar-refractivity contribution in [2.75, 3.05) is 26.1 Å². The highest BCUT2D eigenvalue weighted by molar-refractivity contribution is 9.11. The van der Waals surface area contributed by atoms with Crippen LogP contribution in [-0.2, 0) is 9.47 Å². The third-order valence-electron chi connectivity index (χ3n) is 3.18. The average molecular weight is 440 g/mol. The standard InChI is InChI=1S/C15H20Br2O3S/c1-21-11-9-12(16)15(13(17)10-11)20-8-4-7-19-14-5-2-3-6-18-14/h9-10,14H,2-8H2,1H3. The number of hydrogen-bond donors (Lipinski definition) is 0. The molecule has 0 radical (unpaired) electrons. The lowest BCUT2D eigenvalue weighted by atomic mass is 10.2. The summed E-state index contributed by atoms with van der Waals surface area (Å²) in [6.45, 7) is 2.12. The summed E-state index contributed by atoms with van der Waals surface area (Å²) in [5.41, 5.74) is 0. The van der Waals surface area contributed by atoms with Crippen molar-refractivity contribution >= 4 is 43.6 Å². The molecule has 0 spiro atoms. The molecule has 6 heteroatoms. The van der Waals surface area contributed by atoms with Crippen molar-refractivity contribution in [3.63, 3.8) is 0 Å². The second kappa shape index (κ2) is 9.40. The molecule has 1 aliphatic rings. The molecule has 1 aromatic carbocycles. The van der Waals surface area contributed by atoms with Gasteiger partial charge in [0.05, 0.1) is 22.2 Å². The van der Waals surface area contributed by atoms with Gasteiger partial charge >= 0.3 is 0 Å². The Morgan fingerprint density at radius 3 is 2.62 bits per heavy atom. The minimum Gasteiger partial charge on any atom is -0.491 e. The van der Waals surface area contributed by atoms with Gasteiger partial charge in [0.15, 0.2) is 6.29 Å². The van der Waals surface area contributed by atoms with E-state index in [1.165, 1.54) is 11.3 Å². The summed E-state index contributed by atoms with van der Waals surface area (Å²) in [7, 11) is 0. The maximum atomic E-state index is 5.83. The number of halogens is 2. The van der Waals surface area contributed by atoms with Gasteiger partial charge in [0.1, 0.15) is 5.75 Å². The molecule has 0 aliphatic carbocycles. The molecule has 1 aromatic rings. The minimum absolute atomic E-state index is 0.0157. The van der Waals surface area contributed by atoms with Crippen LogP contribution in [0.1, 0.15) is 25.7 Å². The normalized spacial score (nSPS) is 18.7. The van der Waals surface area contributed by atoms with Crippen LogP contribution < -0.4 is 4.74 Å². The molecule has 0 bridgehead atoms. The number of benzene rings is 1. The molecule has 3 nitrogen and oxygen atoms in total. The topological polar surface area (TPSA) is 27.7 Å². The summed E-state index contributed by atoms with van der Waals surface area (Å²) in [6, 6.07) is 4.13. The zero-order valence-electron chi connectivity index (χ0n) is 12.1. The fourth-order valence-corrected chi connectivity index (χ4v) is 4.27. The van der Waals surface area contributed by atoms with Gasteiger partial charge in [-0.1, -0.05) is 0 Å². The Morgan fingerprint density at radius 1 is 1.24 bits per heavy atom. The number of thioether (sulfide) groups is 1. The highest BCUT2D eigenvalue weighted by Gasteiger charge is 2.13. The second-order valence-corrected chi connectivity index (χ2v) is 7.38. The van der Waals surface area contributed by atoms with Gasteiger partial charge in [-0.3, -0.25) is 0 Å². The minimum atomic E-state index is -0.0157. The molecular formula is C15H20Br2O3S. The van der Waals surface area contributed by atoms with Crippen LogP contribution >= 0.6 is 43.6 Å². The molecule has 0 N–H and O–H groups in total. The molecule has 1 atom stereocenters. The van der Waals surface area contributed by atoms with E-state index in [4.69, 9.17) is 14.2 Å². The summed E-state index contributed by atoms with van der Waals surface area (Å²) in [4.78, 5) is 1.19. The summed E-state index contributed by atoms with van der Waals surface area (Å²) >= 11 is 8.81. The van der Waals surface area contributed by atoms with E-state index in [0.717, 1.165) is 40.6 Å². The van der Waals surface area contributed by atoms with E-state index in [1.807, 2.05) is 0 Å². The molecule has 0 saturated carbocycles. The summed E-state index contributed by atoms with van der Waals surface area (Å²) in [6.07, 6.45) is 6.24. The Labute approximate surface area is 147 Å². The first-order chi connectivity index (χ1) is 10.2. The van der Waals surface area contributed by atoms with E-state index in [0.29, 0.717) is 13.2 Å². The number of rotatable bonds is 7. The van der Waals surface area contributed by atoms with Crippen molar-refractivity contribution in [1.29, 1.82) is 0 Å². The number of ether oxygens (including phenoxy) is 3. The van der Waals surface area contributed by atoms with Crippen LogP contribution in [0.2, 0.25) is 0 Å². The third kappa shape index (κ3) is 5.75. The second-order valence-electron chi connectivity index (χ2n) is 4.79. The lowest BCUT2D eigenvalue weighted by Crippen LogP contribution is -2.23. The maximum Gasteiger partial charge on any atom is 0.157 e. The smallest absolute Gasteiger partial charge is 0.157 e. The zero-order valence-corrected chi connectivity index (χ0v) is 16.1. The van der Waals surface area contributed by atoms with Gasteiger partial charge in [-0.05, 0) is 69.5 Å². The van der Waals surface area contributed by atoms with E-state index >= 15 is 0 Å². The van der Waals surface area contributed by atoms with Crippen molar-refractivity contribution in [1.82, 2.24) is 0 Å². The van der Waals surface area contributed by atoms with Gasteiger partial charge in [0.2, 0.25) is 0 Å². The van der Waals surface area contributed by atoms with E-state index in [9.17, 15) is 0 Å². The van der Waals surface area contributed by atoms with Crippen LogP contribution in [0.3, 0.4) is 0 Å². The van der Waals surface area contributed by atoms with Gasteiger partial charge in [-0.15, -0.1) is 11.8 Å². The lowest BCUT2D eigenvalue weighted by molar-refractivity contribution is -0.163. The van der Waals surface area contributed by atoms with E-state index in [-0.39, 0.29) is 6.29 Å². The molecule has 118 valence electrons. The fraction of sp³-hybridized carbons (Fsp3) is 0.600. The molecule has 1 saturated heterocycles. The fourth-order valence-electron chi connectivity index (χ4n) is 2.08. The van der Waals surface area contributed by atoms with Gasteiger partial charge in [-0.25, -0.2) is 0 Å². The van der Waals surface area contributed by atoms with Crippen molar-refractivity contribution in [3.05, 3.63) is 21.1 Å². The van der Waals surface area contributed by atoms with Crippen LogP contribution in [-0.4, -0.2) is 32.4 Å². The molecule has 21 heavy (non-hydrogen) atoms.